The van der Waals surface area contributed by atoms with Crippen LogP contribution in [-0.4, -0.2) is 58.0 Å². The predicted octanol–water partition coefficient (Wildman–Crippen LogP) is 3.95. The number of unbranched alkanes of at least 4 members (excludes halogenated alkanes) is 1. The van der Waals surface area contributed by atoms with Crippen molar-refractivity contribution in [2.75, 3.05) is 19.6 Å². The lowest BCUT2D eigenvalue weighted by atomic mass is 9.91. The summed E-state index contributed by atoms with van der Waals surface area (Å²) in [5.74, 6) is -1.29. The zero-order valence-corrected chi connectivity index (χ0v) is 18.6. The monoisotopic (exact) mass is 476 g/mol. The standard InChI is InChI=1S/C23H27F3N6O2/c1-27-11-7-18-5-6-19(31-18)20(33)28-10-3-2-4-16-8-12-32(13-9-16)21(34)17-14-29-22(30-15-17)23(24,25)26/h5-7,11,14-16,31H,1-4,8-10,12-13H2,(H,28,33). The second-order valence-electron chi connectivity index (χ2n) is 8.11. The number of hydrogen-bond donors (Lipinski definition) is 2. The smallest absolute Gasteiger partial charge is 0.351 e. The van der Waals surface area contributed by atoms with Crippen molar-refractivity contribution < 1.29 is 22.8 Å². The first-order valence-corrected chi connectivity index (χ1v) is 11.1. The van der Waals surface area contributed by atoms with Gasteiger partial charge in [0, 0.05) is 43.9 Å². The molecule has 0 unspecified atom stereocenters. The van der Waals surface area contributed by atoms with Crippen LogP contribution >= 0.6 is 0 Å². The number of alkyl halides is 3. The fourth-order valence-electron chi connectivity index (χ4n) is 3.82. The fourth-order valence-corrected chi connectivity index (χ4v) is 3.82. The van der Waals surface area contributed by atoms with Crippen molar-refractivity contribution in [3.8, 4) is 0 Å². The van der Waals surface area contributed by atoms with E-state index in [9.17, 15) is 22.8 Å². The maximum atomic E-state index is 12.6. The second-order valence-corrected chi connectivity index (χ2v) is 8.11. The van der Waals surface area contributed by atoms with E-state index in [2.05, 4.69) is 32.0 Å². The molecule has 0 spiro atoms. The third kappa shape index (κ3) is 7.00. The number of nitrogens with zero attached hydrogens (tertiary/aromatic N) is 4. The molecule has 0 atom stereocenters. The largest absolute Gasteiger partial charge is 0.451 e. The first-order valence-electron chi connectivity index (χ1n) is 11.1. The summed E-state index contributed by atoms with van der Waals surface area (Å²) in [6.07, 6.45) is 4.95. The number of carbonyl (C=O) groups is 2. The van der Waals surface area contributed by atoms with Crippen molar-refractivity contribution in [3.05, 3.63) is 53.5 Å². The number of aromatic amines is 1. The van der Waals surface area contributed by atoms with Gasteiger partial charge in [0.05, 0.1) is 5.56 Å². The third-order valence-electron chi connectivity index (χ3n) is 5.69. The van der Waals surface area contributed by atoms with Crippen molar-refractivity contribution in [2.45, 2.75) is 38.3 Å². The van der Waals surface area contributed by atoms with Gasteiger partial charge in [0.1, 0.15) is 5.69 Å². The van der Waals surface area contributed by atoms with Crippen LogP contribution in [0.25, 0.3) is 6.08 Å². The summed E-state index contributed by atoms with van der Waals surface area (Å²) in [4.78, 5) is 39.5. The van der Waals surface area contributed by atoms with Crippen molar-refractivity contribution in [1.29, 1.82) is 0 Å². The molecule has 0 aliphatic carbocycles. The molecule has 1 fully saturated rings. The van der Waals surface area contributed by atoms with E-state index in [0.29, 0.717) is 31.2 Å². The third-order valence-corrected chi connectivity index (χ3v) is 5.69. The Morgan fingerprint density at radius 3 is 2.56 bits per heavy atom. The van der Waals surface area contributed by atoms with Gasteiger partial charge in [-0.1, -0.05) is 12.8 Å². The van der Waals surface area contributed by atoms with E-state index in [-0.39, 0.29) is 17.4 Å². The number of halogens is 3. The second kappa shape index (κ2) is 11.6. The minimum atomic E-state index is -4.63. The summed E-state index contributed by atoms with van der Waals surface area (Å²) in [7, 11) is 0. The van der Waals surface area contributed by atoms with Crippen LogP contribution in [-0.2, 0) is 6.18 Å². The maximum absolute atomic E-state index is 12.6. The van der Waals surface area contributed by atoms with E-state index in [1.165, 1.54) is 6.20 Å². The van der Waals surface area contributed by atoms with Gasteiger partial charge in [-0.05, 0) is 50.1 Å². The number of aromatic nitrogens is 3. The number of nitrogens with one attached hydrogen (secondary N) is 2. The van der Waals surface area contributed by atoms with Gasteiger partial charge in [-0.2, -0.15) is 13.2 Å². The lowest BCUT2D eigenvalue weighted by molar-refractivity contribution is -0.145. The number of carbonyl (C=O) groups excluding carboxylic acids is 2. The zero-order valence-electron chi connectivity index (χ0n) is 18.6. The topological polar surface area (TPSA) is 103 Å². The van der Waals surface area contributed by atoms with E-state index < -0.39 is 12.0 Å². The molecule has 11 heteroatoms. The average Bonchev–Trinajstić information content (AvgIpc) is 3.31. The Morgan fingerprint density at radius 2 is 1.91 bits per heavy atom. The van der Waals surface area contributed by atoms with E-state index in [0.717, 1.165) is 50.2 Å². The highest BCUT2D eigenvalue weighted by atomic mass is 19.4. The van der Waals surface area contributed by atoms with Gasteiger partial charge >= 0.3 is 6.18 Å². The van der Waals surface area contributed by atoms with Crippen molar-refractivity contribution >= 4 is 24.6 Å². The Kier molecular flexibility index (Phi) is 8.55. The molecule has 1 saturated heterocycles. The summed E-state index contributed by atoms with van der Waals surface area (Å²) in [5.41, 5.74) is 1.32. The van der Waals surface area contributed by atoms with E-state index in [1.807, 2.05) is 0 Å². The highest BCUT2D eigenvalue weighted by Crippen LogP contribution is 2.26. The fraction of sp³-hybridized carbons (Fsp3) is 0.435. The van der Waals surface area contributed by atoms with Crippen LogP contribution in [0.4, 0.5) is 13.2 Å². The lowest BCUT2D eigenvalue weighted by Gasteiger charge is -2.32. The van der Waals surface area contributed by atoms with Gasteiger partial charge in [-0.3, -0.25) is 14.6 Å². The molecule has 2 aromatic rings. The maximum Gasteiger partial charge on any atom is 0.451 e. The number of amides is 2. The molecular weight excluding hydrogens is 449 g/mol. The van der Waals surface area contributed by atoms with Crippen molar-refractivity contribution in [1.82, 2.24) is 25.2 Å². The van der Waals surface area contributed by atoms with Gasteiger partial charge in [0.15, 0.2) is 0 Å². The molecule has 34 heavy (non-hydrogen) atoms. The number of rotatable bonds is 9. The van der Waals surface area contributed by atoms with Gasteiger partial charge < -0.3 is 15.2 Å². The molecule has 182 valence electrons. The van der Waals surface area contributed by atoms with Crippen LogP contribution in [0.5, 0.6) is 0 Å². The highest BCUT2D eigenvalue weighted by molar-refractivity contribution is 5.93. The van der Waals surface area contributed by atoms with Crippen LogP contribution in [0, 0.1) is 5.92 Å². The van der Waals surface area contributed by atoms with E-state index in [4.69, 9.17) is 0 Å². The molecular formula is C23H27F3N6O2. The predicted molar refractivity (Wildman–Crippen MR) is 121 cm³/mol. The normalized spacial score (nSPS) is 15.0. The Bertz CT molecular complexity index is 1010. The molecule has 8 nitrogen and oxygen atoms in total. The summed E-state index contributed by atoms with van der Waals surface area (Å²) in [6.45, 7) is 5.03. The first-order chi connectivity index (χ1) is 16.3. The van der Waals surface area contributed by atoms with Crippen LogP contribution in [0.3, 0.4) is 0 Å². The van der Waals surface area contributed by atoms with Gasteiger partial charge in [0.25, 0.3) is 11.8 Å². The molecule has 3 heterocycles. The molecule has 2 amide bonds. The molecule has 0 saturated carbocycles. The Balaban J connectivity index is 1.33. The minimum absolute atomic E-state index is 0.0600. The Labute approximate surface area is 195 Å². The van der Waals surface area contributed by atoms with Gasteiger partial charge in [0.2, 0.25) is 5.82 Å². The molecule has 0 aromatic carbocycles. The van der Waals surface area contributed by atoms with Gasteiger partial charge in [-0.15, -0.1) is 0 Å². The number of H-pyrrole nitrogens is 1. The Morgan fingerprint density at radius 1 is 1.21 bits per heavy atom. The van der Waals surface area contributed by atoms with Crippen molar-refractivity contribution in [3.63, 3.8) is 0 Å². The molecule has 0 bridgehead atoms. The van der Waals surface area contributed by atoms with Gasteiger partial charge in [-0.25, -0.2) is 9.97 Å². The number of hydrogen-bond acceptors (Lipinski definition) is 5. The summed E-state index contributed by atoms with van der Waals surface area (Å²) < 4.78 is 37.7. The quantitative estimate of drug-likeness (QED) is 0.423. The van der Waals surface area contributed by atoms with E-state index in [1.54, 1.807) is 23.1 Å². The van der Waals surface area contributed by atoms with Crippen LogP contribution in [0.1, 0.15) is 64.5 Å². The first kappa shape index (κ1) is 25.1. The summed E-state index contributed by atoms with van der Waals surface area (Å²) >= 11 is 0. The summed E-state index contributed by atoms with van der Waals surface area (Å²) in [5, 5.41) is 2.89. The SMILES string of the molecule is C=NC=Cc1ccc(C(=O)NCCCCC2CCN(C(=O)c3cnc(C(F)(F)F)nc3)CC2)[nH]1. The zero-order chi connectivity index (χ0) is 24.6. The van der Waals surface area contributed by atoms with Crippen LogP contribution in [0.2, 0.25) is 0 Å². The molecule has 1 aliphatic rings. The molecule has 2 N–H and O–H groups in total. The average molecular weight is 477 g/mol. The van der Waals surface area contributed by atoms with Crippen LogP contribution < -0.4 is 5.32 Å². The number of likely N-dealkylation sites (tertiary alicyclic amines) is 1. The molecule has 0 radical (unpaired) electrons. The minimum Gasteiger partial charge on any atom is -0.351 e. The molecule has 1 aliphatic heterocycles. The number of aliphatic imine (C=N–C) groups is 1. The molecule has 2 aromatic heterocycles. The lowest BCUT2D eigenvalue weighted by Crippen LogP contribution is -2.38. The number of piperidine rings is 1. The Hall–Kier alpha value is -3.50. The molecule has 3 rings (SSSR count). The van der Waals surface area contributed by atoms with E-state index >= 15 is 0 Å². The highest BCUT2D eigenvalue weighted by Gasteiger charge is 2.34. The van der Waals surface area contributed by atoms with Crippen molar-refractivity contribution in [2.24, 2.45) is 10.9 Å². The van der Waals surface area contributed by atoms with Crippen LogP contribution in [0.15, 0.2) is 35.7 Å². The summed E-state index contributed by atoms with van der Waals surface area (Å²) in [6, 6.07) is 3.50.